The number of hydrogen-bond acceptors (Lipinski definition) is 5. The number of carbonyl (C=O) groups excluding carboxylic acids is 2. The molecule has 7 nitrogen and oxygen atoms in total. The van der Waals surface area contributed by atoms with Crippen molar-refractivity contribution in [1.82, 2.24) is 10.3 Å². The van der Waals surface area contributed by atoms with E-state index in [1.165, 1.54) is 12.3 Å². The van der Waals surface area contributed by atoms with Crippen LogP contribution in [0.25, 0.3) is 0 Å². The van der Waals surface area contributed by atoms with Crippen LogP contribution in [-0.4, -0.2) is 36.6 Å². The van der Waals surface area contributed by atoms with Gasteiger partial charge in [-0.1, -0.05) is 11.6 Å². The molecule has 0 aliphatic heterocycles. The number of ether oxygens (including phenoxy) is 1. The number of nitrogens with two attached hydrogens (primary N) is 2. The van der Waals surface area contributed by atoms with E-state index in [2.05, 4.69) is 10.3 Å². The molecular formula is C10H13ClN4O3. The molecule has 8 heteroatoms. The molecule has 0 aliphatic rings. The molecule has 1 aromatic heterocycles. The van der Waals surface area contributed by atoms with Crippen LogP contribution in [0, 0.1) is 0 Å². The first-order chi connectivity index (χ1) is 8.50. The third-order valence-corrected chi connectivity index (χ3v) is 2.21. The van der Waals surface area contributed by atoms with Gasteiger partial charge in [-0.15, -0.1) is 0 Å². The maximum atomic E-state index is 11.6. The minimum Gasteiger partial charge on any atom is -0.382 e. The van der Waals surface area contributed by atoms with E-state index in [0.29, 0.717) is 5.56 Å². The second-order valence-electron chi connectivity index (χ2n) is 3.37. The Bertz CT molecular complexity index is 453. The summed E-state index contributed by atoms with van der Waals surface area (Å²) in [4.78, 5) is 25.7. The number of aromatic nitrogens is 1. The highest BCUT2D eigenvalue weighted by Gasteiger charge is 2.07. The Kier molecular flexibility index (Phi) is 5.34. The van der Waals surface area contributed by atoms with Gasteiger partial charge in [0.15, 0.2) is 0 Å². The average molecular weight is 273 g/mol. The van der Waals surface area contributed by atoms with Crippen LogP contribution < -0.4 is 16.8 Å². The van der Waals surface area contributed by atoms with Gasteiger partial charge in [0, 0.05) is 12.7 Å². The van der Waals surface area contributed by atoms with E-state index in [1.807, 2.05) is 0 Å². The molecule has 0 aliphatic carbocycles. The van der Waals surface area contributed by atoms with Gasteiger partial charge in [0.25, 0.3) is 5.91 Å². The van der Waals surface area contributed by atoms with Crippen LogP contribution in [0.1, 0.15) is 10.4 Å². The molecular weight excluding hydrogens is 260 g/mol. The number of hydrogen-bond donors (Lipinski definition) is 3. The van der Waals surface area contributed by atoms with Crippen LogP contribution in [0.2, 0.25) is 5.02 Å². The fourth-order valence-corrected chi connectivity index (χ4v) is 1.25. The zero-order valence-electron chi connectivity index (χ0n) is 9.48. The third-order valence-electron chi connectivity index (χ3n) is 1.91. The second kappa shape index (κ2) is 6.77. The van der Waals surface area contributed by atoms with Crippen LogP contribution >= 0.6 is 11.6 Å². The fourth-order valence-electron chi connectivity index (χ4n) is 1.08. The molecule has 0 aromatic carbocycles. The molecule has 0 unspecified atom stereocenters. The van der Waals surface area contributed by atoms with Crippen molar-refractivity contribution in [1.29, 1.82) is 0 Å². The molecule has 0 saturated heterocycles. The highest BCUT2D eigenvalue weighted by atomic mass is 35.5. The molecule has 1 aromatic rings. The number of nitrogen functional groups attached to an aromatic ring is 1. The number of primary amides is 1. The number of anilines is 1. The van der Waals surface area contributed by atoms with Gasteiger partial charge in [-0.3, -0.25) is 9.59 Å². The van der Waals surface area contributed by atoms with Crippen molar-refractivity contribution in [3.05, 3.63) is 22.8 Å². The van der Waals surface area contributed by atoms with Crippen molar-refractivity contribution in [2.45, 2.75) is 0 Å². The van der Waals surface area contributed by atoms with Crippen LogP contribution in [0.4, 0.5) is 5.82 Å². The monoisotopic (exact) mass is 272 g/mol. The fraction of sp³-hybridized carbons (Fsp3) is 0.300. The van der Waals surface area contributed by atoms with E-state index in [0.717, 1.165) is 0 Å². The molecule has 0 atom stereocenters. The highest BCUT2D eigenvalue weighted by molar-refractivity contribution is 6.33. The number of rotatable bonds is 6. The SMILES string of the molecule is NC(=O)COCCNC(=O)c1cnc(N)c(Cl)c1. The van der Waals surface area contributed by atoms with Crippen molar-refractivity contribution in [3.63, 3.8) is 0 Å². The molecule has 0 spiro atoms. The third kappa shape index (κ3) is 4.56. The molecule has 18 heavy (non-hydrogen) atoms. The summed E-state index contributed by atoms with van der Waals surface area (Å²) in [7, 11) is 0. The van der Waals surface area contributed by atoms with E-state index in [4.69, 9.17) is 27.8 Å². The number of nitrogens with zero attached hydrogens (tertiary/aromatic N) is 1. The number of nitrogens with one attached hydrogen (secondary N) is 1. The summed E-state index contributed by atoms with van der Waals surface area (Å²) in [5, 5.41) is 2.78. The van der Waals surface area contributed by atoms with Crippen LogP contribution in [-0.2, 0) is 9.53 Å². The van der Waals surface area contributed by atoms with Crippen molar-refractivity contribution in [2.24, 2.45) is 5.73 Å². The Morgan fingerprint density at radius 1 is 1.50 bits per heavy atom. The average Bonchev–Trinajstić information content (AvgIpc) is 2.31. The van der Waals surface area contributed by atoms with Crippen LogP contribution in [0.5, 0.6) is 0 Å². The first-order valence-electron chi connectivity index (χ1n) is 5.06. The minimum atomic E-state index is -0.559. The lowest BCUT2D eigenvalue weighted by Gasteiger charge is -2.06. The lowest BCUT2D eigenvalue weighted by atomic mass is 10.2. The Balaban J connectivity index is 2.36. The van der Waals surface area contributed by atoms with Gasteiger partial charge < -0.3 is 21.5 Å². The topological polar surface area (TPSA) is 120 Å². The van der Waals surface area contributed by atoms with Gasteiger partial charge in [0.05, 0.1) is 17.2 Å². The molecule has 5 N–H and O–H groups in total. The summed E-state index contributed by atoms with van der Waals surface area (Å²) in [6.45, 7) is 0.254. The molecule has 0 fully saturated rings. The smallest absolute Gasteiger partial charge is 0.252 e. The van der Waals surface area contributed by atoms with E-state index in [-0.39, 0.29) is 36.5 Å². The van der Waals surface area contributed by atoms with Gasteiger partial charge in [-0.2, -0.15) is 0 Å². The lowest BCUT2D eigenvalue weighted by Crippen LogP contribution is -2.29. The van der Waals surface area contributed by atoms with Gasteiger partial charge in [0.2, 0.25) is 5.91 Å². The molecule has 1 heterocycles. The Hall–Kier alpha value is -1.86. The van der Waals surface area contributed by atoms with Gasteiger partial charge in [-0.05, 0) is 6.07 Å². The van der Waals surface area contributed by atoms with E-state index in [9.17, 15) is 9.59 Å². The standard InChI is InChI=1S/C10H13ClN4O3/c11-7-3-6(4-15-9(7)13)10(17)14-1-2-18-5-8(12)16/h3-4H,1-2,5H2,(H2,12,16)(H2,13,15)(H,14,17). The molecule has 98 valence electrons. The molecule has 1 rings (SSSR count). The van der Waals surface area contributed by atoms with Crippen molar-refractivity contribution < 1.29 is 14.3 Å². The predicted molar refractivity (Wildman–Crippen MR) is 66.0 cm³/mol. The zero-order chi connectivity index (χ0) is 13.5. The molecule has 0 bridgehead atoms. The summed E-state index contributed by atoms with van der Waals surface area (Å²) in [5.41, 5.74) is 10.6. The number of carbonyl (C=O) groups is 2. The zero-order valence-corrected chi connectivity index (χ0v) is 10.2. The lowest BCUT2D eigenvalue weighted by molar-refractivity contribution is -0.122. The van der Waals surface area contributed by atoms with Gasteiger partial charge in [0.1, 0.15) is 12.4 Å². The first-order valence-corrected chi connectivity index (χ1v) is 5.43. The van der Waals surface area contributed by atoms with E-state index < -0.39 is 5.91 Å². The quantitative estimate of drug-likeness (QED) is 0.606. The van der Waals surface area contributed by atoms with Gasteiger partial charge in [-0.25, -0.2) is 4.98 Å². The van der Waals surface area contributed by atoms with Crippen LogP contribution in [0.3, 0.4) is 0 Å². The minimum absolute atomic E-state index is 0.165. The number of amides is 2. The van der Waals surface area contributed by atoms with Crippen molar-refractivity contribution in [2.75, 3.05) is 25.5 Å². The summed E-state index contributed by atoms with van der Waals surface area (Å²) in [6, 6.07) is 1.42. The maximum Gasteiger partial charge on any atom is 0.252 e. The summed E-state index contributed by atoms with van der Waals surface area (Å²) >= 11 is 5.73. The Morgan fingerprint density at radius 3 is 2.83 bits per heavy atom. The highest BCUT2D eigenvalue weighted by Crippen LogP contribution is 2.16. The molecule has 0 saturated carbocycles. The maximum absolute atomic E-state index is 11.6. The summed E-state index contributed by atoms with van der Waals surface area (Å²) in [5.74, 6) is -0.749. The van der Waals surface area contributed by atoms with Crippen LogP contribution in [0.15, 0.2) is 12.3 Å². The molecule has 0 radical (unpaired) electrons. The Labute approximate surface area is 108 Å². The van der Waals surface area contributed by atoms with E-state index in [1.54, 1.807) is 0 Å². The Morgan fingerprint density at radius 2 is 2.22 bits per heavy atom. The summed E-state index contributed by atoms with van der Waals surface area (Å²) < 4.78 is 4.87. The van der Waals surface area contributed by atoms with Gasteiger partial charge >= 0.3 is 0 Å². The normalized spacial score (nSPS) is 10.1. The number of halogens is 1. The number of pyridine rings is 1. The predicted octanol–water partition coefficient (Wildman–Crippen LogP) is -0.451. The van der Waals surface area contributed by atoms with Crippen molar-refractivity contribution in [3.8, 4) is 0 Å². The largest absolute Gasteiger partial charge is 0.382 e. The first kappa shape index (κ1) is 14.2. The summed E-state index contributed by atoms with van der Waals surface area (Å²) in [6.07, 6.45) is 1.32. The van der Waals surface area contributed by atoms with Crippen molar-refractivity contribution >= 4 is 29.2 Å². The second-order valence-corrected chi connectivity index (χ2v) is 3.77. The molecule has 2 amide bonds. The van der Waals surface area contributed by atoms with E-state index >= 15 is 0 Å².